The summed E-state index contributed by atoms with van der Waals surface area (Å²) in [5.74, 6) is 0.590. The number of nitrogens with zero attached hydrogens (tertiary/aromatic N) is 2. The minimum Gasteiger partial charge on any atom is -0.508 e. The SMILES string of the molecule is CC(C)(C)OC(=O)Oc1ccc(CC(=O)c2cccnc2)cc1.O=C(Cc1ccc(O)cc1)c1cccnc1. The van der Waals surface area contributed by atoms with Crippen LogP contribution in [-0.2, 0) is 17.6 Å². The molecule has 0 aliphatic carbocycles. The highest BCUT2D eigenvalue weighted by Gasteiger charge is 2.18. The van der Waals surface area contributed by atoms with Crippen LogP contribution in [0.3, 0.4) is 0 Å². The molecule has 4 rings (SSSR count). The Kier molecular flexibility index (Phi) is 10.0. The number of rotatable bonds is 7. The molecule has 2 aromatic heterocycles. The number of benzene rings is 2. The second-order valence-corrected chi connectivity index (χ2v) is 9.56. The summed E-state index contributed by atoms with van der Waals surface area (Å²) in [6.45, 7) is 5.30. The van der Waals surface area contributed by atoms with Crippen LogP contribution >= 0.6 is 0 Å². The molecule has 1 N–H and O–H groups in total. The Balaban J connectivity index is 0.000000230. The highest BCUT2D eigenvalue weighted by atomic mass is 16.7. The Labute approximate surface area is 227 Å². The maximum absolute atomic E-state index is 12.1. The molecule has 0 bridgehead atoms. The molecule has 0 aliphatic rings. The summed E-state index contributed by atoms with van der Waals surface area (Å²) in [4.78, 5) is 43.3. The molecule has 0 unspecified atom stereocenters. The Morgan fingerprint density at radius 3 is 1.59 bits per heavy atom. The van der Waals surface area contributed by atoms with Gasteiger partial charge in [0.15, 0.2) is 11.6 Å². The van der Waals surface area contributed by atoms with Gasteiger partial charge in [-0.25, -0.2) is 4.79 Å². The van der Waals surface area contributed by atoms with Gasteiger partial charge in [-0.05, 0) is 80.4 Å². The van der Waals surface area contributed by atoms with Gasteiger partial charge in [-0.2, -0.15) is 0 Å². The van der Waals surface area contributed by atoms with Gasteiger partial charge in [-0.1, -0.05) is 24.3 Å². The minimum atomic E-state index is -0.753. The van der Waals surface area contributed by atoms with E-state index in [0.29, 0.717) is 23.3 Å². The van der Waals surface area contributed by atoms with Gasteiger partial charge in [0.05, 0.1) is 0 Å². The standard InChI is InChI=1S/C18H19NO4.C13H11NO2/c1-18(2,3)23-17(21)22-15-8-6-13(7-9-15)11-16(20)14-5-4-10-19-12-14;15-12-5-3-10(4-6-12)8-13(16)11-2-1-7-14-9-11/h4-10,12H,11H2,1-3H3;1-7,9,15H,8H2. The van der Waals surface area contributed by atoms with Crippen LogP contribution in [0.15, 0.2) is 97.6 Å². The number of aromatic hydroxyl groups is 1. The van der Waals surface area contributed by atoms with Crippen LogP contribution in [0.1, 0.15) is 52.6 Å². The molecule has 0 fully saturated rings. The Hall–Kier alpha value is -4.85. The van der Waals surface area contributed by atoms with Gasteiger partial charge < -0.3 is 14.6 Å². The van der Waals surface area contributed by atoms with E-state index < -0.39 is 11.8 Å². The zero-order valence-electron chi connectivity index (χ0n) is 22.0. The number of carbonyl (C=O) groups excluding carboxylic acids is 3. The largest absolute Gasteiger partial charge is 0.514 e. The van der Waals surface area contributed by atoms with E-state index in [4.69, 9.17) is 14.6 Å². The number of phenolic OH excluding ortho intramolecular Hbond substituents is 1. The molecule has 0 spiro atoms. The summed E-state index contributed by atoms with van der Waals surface area (Å²) >= 11 is 0. The van der Waals surface area contributed by atoms with E-state index in [1.54, 1.807) is 118 Å². The van der Waals surface area contributed by atoms with Crippen LogP contribution in [0.2, 0.25) is 0 Å². The average molecular weight is 527 g/mol. The van der Waals surface area contributed by atoms with Crippen LogP contribution in [0.25, 0.3) is 0 Å². The van der Waals surface area contributed by atoms with E-state index in [1.807, 2.05) is 0 Å². The fraction of sp³-hybridized carbons (Fsp3) is 0.194. The zero-order chi connectivity index (χ0) is 28.3. The van der Waals surface area contributed by atoms with Gasteiger partial charge in [0.25, 0.3) is 0 Å². The Morgan fingerprint density at radius 2 is 1.18 bits per heavy atom. The smallest absolute Gasteiger partial charge is 0.508 e. The van der Waals surface area contributed by atoms with Crippen molar-refractivity contribution in [1.29, 1.82) is 0 Å². The number of ether oxygens (including phenoxy) is 2. The molecule has 0 aliphatic heterocycles. The van der Waals surface area contributed by atoms with Crippen molar-refractivity contribution in [2.75, 3.05) is 0 Å². The molecule has 0 atom stereocenters. The van der Waals surface area contributed by atoms with Crippen LogP contribution in [0.5, 0.6) is 11.5 Å². The monoisotopic (exact) mass is 526 g/mol. The second kappa shape index (κ2) is 13.6. The predicted molar refractivity (Wildman–Crippen MR) is 146 cm³/mol. The first-order valence-electron chi connectivity index (χ1n) is 12.2. The summed E-state index contributed by atoms with van der Waals surface area (Å²) < 4.78 is 10.2. The predicted octanol–water partition coefficient (Wildman–Crippen LogP) is 6.03. The molecular formula is C31H30N2O6. The maximum atomic E-state index is 12.1. The van der Waals surface area contributed by atoms with E-state index in [0.717, 1.165) is 11.1 Å². The highest BCUT2D eigenvalue weighted by molar-refractivity contribution is 5.97. The van der Waals surface area contributed by atoms with Crippen molar-refractivity contribution in [1.82, 2.24) is 9.97 Å². The molecule has 8 heteroatoms. The van der Waals surface area contributed by atoms with Crippen LogP contribution in [0, 0.1) is 0 Å². The van der Waals surface area contributed by atoms with Crippen LogP contribution < -0.4 is 4.74 Å². The number of pyridine rings is 2. The lowest BCUT2D eigenvalue weighted by Crippen LogP contribution is -2.25. The third-order valence-corrected chi connectivity index (χ3v) is 5.15. The van der Waals surface area contributed by atoms with Crippen molar-refractivity contribution in [2.45, 2.75) is 39.2 Å². The van der Waals surface area contributed by atoms with Crippen molar-refractivity contribution in [3.63, 3.8) is 0 Å². The van der Waals surface area contributed by atoms with Crippen LogP contribution in [0.4, 0.5) is 4.79 Å². The average Bonchev–Trinajstić information content (AvgIpc) is 2.91. The Bertz CT molecular complexity index is 1370. The fourth-order valence-corrected chi connectivity index (χ4v) is 3.29. The number of ketones is 2. The van der Waals surface area contributed by atoms with Crippen LogP contribution in [-0.4, -0.2) is 38.4 Å². The topological polar surface area (TPSA) is 116 Å². The van der Waals surface area contributed by atoms with Crippen molar-refractivity contribution in [2.24, 2.45) is 0 Å². The molecule has 200 valence electrons. The molecule has 0 amide bonds. The van der Waals surface area contributed by atoms with E-state index in [9.17, 15) is 14.4 Å². The summed E-state index contributed by atoms with van der Waals surface area (Å²) in [6.07, 6.45) is 6.20. The molecule has 4 aromatic rings. The maximum Gasteiger partial charge on any atom is 0.514 e. The molecule has 2 aromatic carbocycles. The number of aromatic nitrogens is 2. The molecule has 39 heavy (non-hydrogen) atoms. The van der Waals surface area contributed by atoms with Gasteiger partial charge in [-0.15, -0.1) is 0 Å². The van der Waals surface area contributed by atoms with Gasteiger partial charge in [-0.3, -0.25) is 19.6 Å². The lowest BCUT2D eigenvalue weighted by Gasteiger charge is -2.18. The van der Waals surface area contributed by atoms with Gasteiger partial charge in [0.2, 0.25) is 0 Å². The lowest BCUT2D eigenvalue weighted by molar-refractivity contribution is 0.0206. The van der Waals surface area contributed by atoms with E-state index >= 15 is 0 Å². The third-order valence-electron chi connectivity index (χ3n) is 5.15. The summed E-state index contributed by atoms with van der Waals surface area (Å²) in [6, 6.07) is 20.3. The molecule has 0 saturated heterocycles. The highest BCUT2D eigenvalue weighted by Crippen LogP contribution is 2.17. The second-order valence-electron chi connectivity index (χ2n) is 9.56. The van der Waals surface area contributed by atoms with E-state index in [1.165, 1.54) is 0 Å². The van der Waals surface area contributed by atoms with Crippen molar-refractivity contribution in [3.05, 3.63) is 120 Å². The van der Waals surface area contributed by atoms with Crippen molar-refractivity contribution >= 4 is 17.7 Å². The molecule has 8 nitrogen and oxygen atoms in total. The van der Waals surface area contributed by atoms with Gasteiger partial charge in [0, 0.05) is 48.8 Å². The van der Waals surface area contributed by atoms with E-state index in [2.05, 4.69) is 9.97 Å². The molecule has 0 saturated carbocycles. The van der Waals surface area contributed by atoms with Crippen molar-refractivity contribution < 1.29 is 29.0 Å². The number of hydrogen-bond acceptors (Lipinski definition) is 8. The minimum absolute atomic E-state index is 0.0149. The number of carbonyl (C=O) groups is 3. The first-order chi connectivity index (χ1) is 18.6. The summed E-state index contributed by atoms with van der Waals surface area (Å²) in [5, 5.41) is 9.11. The Morgan fingerprint density at radius 1 is 0.718 bits per heavy atom. The molecule has 2 heterocycles. The fourth-order valence-electron chi connectivity index (χ4n) is 3.29. The third kappa shape index (κ3) is 10.2. The first kappa shape index (κ1) is 28.7. The van der Waals surface area contributed by atoms with Gasteiger partial charge in [0.1, 0.15) is 17.1 Å². The lowest BCUT2D eigenvalue weighted by atomic mass is 10.0. The first-order valence-corrected chi connectivity index (χ1v) is 12.2. The quantitative estimate of drug-likeness (QED) is 0.176. The zero-order valence-corrected chi connectivity index (χ0v) is 22.0. The number of hydrogen-bond donors (Lipinski definition) is 1. The number of Topliss-reactive ketones (excluding diaryl/α,β-unsaturated/α-hetero) is 2. The normalized spacial score (nSPS) is 10.5. The number of phenols is 1. The van der Waals surface area contributed by atoms with E-state index in [-0.39, 0.29) is 23.7 Å². The summed E-state index contributed by atoms with van der Waals surface area (Å²) in [7, 11) is 0. The summed E-state index contributed by atoms with van der Waals surface area (Å²) in [5.41, 5.74) is 2.28. The molecule has 0 radical (unpaired) electrons. The van der Waals surface area contributed by atoms with Gasteiger partial charge >= 0.3 is 6.16 Å². The molecular weight excluding hydrogens is 496 g/mol. The van der Waals surface area contributed by atoms with Crippen molar-refractivity contribution in [3.8, 4) is 11.5 Å².